The van der Waals surface area contributed by atoms with E-state index >= 15 is 0 Å². The van der Waals surface area contributed by atoms with Gasteiger partial charge in [-0.3, -0.25) is 9.59 Å². The van der Waals surface area contributed by atoms with Gasteiger partial charge in [-0.15, -0.1) is 11.3 Å². The standard InChI is InChI=1S/C17H20N2O4S/c1-12-4-3-5-15(8-12)22-7-6-18-16(20)10-23-17(21)9-14-11-24-13(2)19-14/h3-5,8,11H,6-7,9-10H2,1-2H3,(H,18,20). The van der Waals surface area contributed by atoms with Crippen LogP contribution in [0.3, 0.4) is 0 Å². The summed E-state index contributed by atoms with van der Waals surface area (Å²) >= 11 is 1.47. The van der Waals surface area contributed by atoms with Crippen molar-refractivity contribution < 1.29 is 19.1 Å². The van der Waals surface area contributed by atoms with Crippen molar-refractivity contribution in [2.45, 2.75) is 20.3 Å². The molecule has 0 radical (unpaired) electrons. The third kappa shape index (κ3) is 6.37. The molecule has 6 nitrogen and oxygen atoms in total. The van der Waals surface area contributed by atoms with Gasteiger partial charge >= 0.3 is 5.97 Å². The minimum Gasteiger partial charge on any atom is -0.492 e. The number of ether oxygens (including phenoxy) is 2. The zero-order chi connectivity index (χ0) is 17.4. The van der Waals surface area contributed by atoms with Gasteiger partial charge in [0.05, 0.1) is 23.7 Å². The SMILES string of the molecule is Cc1cccc(OCCNC(=O)COC(=O)Cc2csc(C)n2)c1. The van der Waals surface area contributed by atoms with E-state index in [2.05, 4.69) is 10.3 Å². The van der Waals surface area contributed by atoms with Crippen molar-refractivity contribution in [1.29, 1.82) is 0 Å². The van der Waals surface area contributed by atoms with Crippen LogP contribution in [0.1, 0.15) is 16.3 Å². The first-order chi connectivity index (χ1) is 11.5. The Bertz CT molecular complexity index is 699. The van der Waals surface area contributed by atoms with E-state index in [1.54, 1.807) is 5.38 Å². The van der Waals surface area contributed by atoms with Crippen molar-refractivity contribution in [3.63, 3.8) is 0 Å². The highest BCUT2D eigenvalue weighted by Crippen LogP contribution is 2.11. The number of nitrogens with zero attached hydrogens (tertiary/aromatic N) is 1. The number of carbonyl (C=O) groups excluding carboxylic acids is 2. The fourth-order valence-electron chi connectivity index (χ4n) is 1.95. The van der Waals surface area contributed by atoms with Crippen LogP contribution >= 0.6 is 11.3 Å². The number of hydrogen-bond donors (Lipinski definition) is 1. The summed E-state index contributed by atoms with van der Waals surface area (Å²) in [6, 6.07) is 7.67. The molecule has 2 aromatic rings. The Morgan fingerprint density at radius 1 is 1.29 bits per heavy atom. The predicted molar refractivity (Wildman–Crippen MR) is 91.2 cm³/mol. The first-order valence-electron chi connectivity index (χ1n) is 7.56. The summed E-state index contributed by atoms with van der Waals surface area (Å²) in [4.78, 5) is 27.4. The molecule has 0 unspecified atom stereocenters. The fraction of sp³-hybridized carbons (Fsp3) is 0.353. The molecule has 1 aromatic carbocycles. The van der Waals surface area contributed by atoms with Crippen LogP contribution in [-0.2, 0) is 20.7 Å². The second-order valence-corrected chi connectivity index (χ2v) is 6.27. The highest BCUT2D eigenvalue weighted by molar-refractivity contribution is 7.09. The van der Waals surface area contributed by atoms with Gasteiger partial charge in [-0.25, -0.2) is 4.98 Å². The summed E-state index contributed by atoms with van der Waals surface area (Å²) < 4.78 is 10.4. The summed E-state index contributed by atoms with van der Waals surface area (Å²) in [5.41, 5.74) is 1.77. The minimum absolute atomic E-state index is 0.0775. The lowest BCUT2D eigenvalue weighted by Gasteiger charge is -2.08. The van der Waals surface area contributed by atoms with Crippen molar-refractivity contribution in [3.8, 4) is 5.75 Å². The van der Waals surface area contributed by atoms with E-state index in [-0.39, 0.29) is 18.9 Å². The van der Waals surface area contributed by atoms with Gasteiger partial charge in [-0.2, -0.15) is 0 Å². The molecule has 128 valence electrons. The summed E-state index contributed by atoms with van der Waals surface area (Å²) in [5, 5.41) is 5.33. The smallest absolute Gasteiger partial charge is 0.312 e. The van der Waals surface area contributed by atoms with Crippen LogP contribution < -0.4 is 10.1 Å². The van der Waals surface area contributed by atoms with Crippen LogP contribution in [0.2, 0.25) is 0 Å². The molecule has 24 heavy (non-hydrogen) atoms. The summed E-state index contributed by atoms with van der Waals surface area (Å²) in [6.07, 6.45) is 0.0775. The Morgan fingerprint density at radius 2 is 2.12 bits per heavy atom. The van der Waals surface area contributed by atoms with Gasteiger partial charge in [0.25, 0.3) is 5.91 Å². The number of carbonyl (C=O) groups is 2. The van der Waals surface area contributed by atoms with E-state index in [9.17, 15) is 9.59 Å². The quantitative estimate of drug-likeness (QED) is 0.583. The van der Waals surface area contributed by atoms with Gasteiger partial charge in [0.1, 0.15) is 12.4 Å². The van der Waals surface area contributed by atoms with Crippen molar-refractivity contribution >= 4 is 23.2 Å². The second kappa shape index (κ2) is 9.02. The number of aryl methyl sites for hydroxylation is 2. The van der Waals surface area contributed by atoms with Crippen LogP contribution in [-0.4, -0.2) is 36.6 Å². The molecular formula is C17H20N2O4S. The average Bonchev–Trinajstić information content (AvgIpc) is 2.94. The highest BCUT2D eigenvalue weighted by Gasteiger charge is 2.10. The lowest BCUT2D eigenvalue weighted by Crippen LogP contribution is -2.32. The number of amides is 1. The third-order valence-electron chi connectivity index (χ3n) is 3.04. The maximum absolute atomic E-state index is 11.6. The monoisotopic (exact) mass is 348 g/mol. The van der Waals surface area contributed by atoms with Crippen molar-refractivity contribution in [2.24, 2.45) is 0 Å². The molecule has 0 saturated carbocycles. The molecule has 1 N–H and O–H groups in total. The first kappa shape index (κ1) is 17.9. The molecule has 2 rings (SSSR count). The molecule has 0 spiro atoms. The number of hydrogen-bond acceptors (Lipinski definition) is 6. The van der Waals surface area contributed by atoms with Gasteiger partial charge in [0.2, 0.25) is 0 Å². The van der Waals surface area contributed by atoms with Crippen LogP contribution in [0.5, 0.6) is 5.75 Å². The molecule has 0 bridgehead atoms. The molecular weight excluding hydrogens is 328 g/mol. The largest absolute Gasteiger partial charge is 0.492 e. The number of benzene rings is 1. The average molecular weight is 348 g/mol. The van der Waals surface area contributed by atoms with Crippen LogP contribution in [0.4, 0.5) is 0 Å². The van der Waals surface area contributed by atoms with E-state index in [1.807, 2.05) is 38.1 Å². The van der Waals surface area contributed by atoms with E-state index in [0.717, 1.165) is 16.3 Å². The van der Waals surface area contributed by atoms with Crippen molar-refractivity contribution in [2.75, 3.05) is 19.8 Å². The Morgan fingerprint density at radius 3 is 2.83 bits per heavy atom. The Hall–Kier alpha value is -2.41. The molecule has 0 aliphatic rings. The van der Waals surface area contributed by atoms with Crippen LogP contribution in [0, 0.1) is 13.8 Å². The molecule has 1 heterocycles. The van der Waals surface area contributed by atoms with Gasteiger partial charge in [0, 0.05) is 5.38 Å². The minimum atomic E-state index is -0.466. The van der Waals surface area contributed by atoms with E-state index in [0.29, 0.717) is 18.8 Å². The highest BCUT2D eigenvalue weighted by atomic mass is 32.1. The van der Waals surface area contributed by atoms with E-state index in [4.69, 9.17) is 9.47 Å². The van der Waals surface area contributed by atoms with Crippen molar-refractivity contribution in [1.82, 2.24) is 10.3 Å². The normalized spacial score (nSPS) is 10.2. The molecule has 1 aromatic heterocycles. The molecule has 7 heteroatoms. The topological polar surface area (TPSA) is 77.5 Å². The van der Waals surface area contributed by atoms with E-state index in [1.165, 1.54) is 11.3 Å². The Labute approximate surface area is 144 Å². The third-order valence-corrected chi connectivity index (χ3v) is 3.86. The molecule has 0 atom stereocenters. The first-order valence-corrected chi connectivity index (χ1v) is 8.43. The summed E-state index contributed by atoms with van der Waals surface area (Å²) in [6.45, 7) is 4.24. The fourth-order valence-corrected chi connectivity index (χ4v) is 2.56. The lowest BCUT2D eigenvalue weighted by atomic mass is 10.2. The molecule has 0 saturated heterocycles. The van der Waals surface area contributed by atoms with Gasteiger partial charge < -0.3 is 14.8 Å². The number of thiazole rings is 1. The van der Waals surface area contributed by atoms with Crippen LogP contribution in [0.15, 0.2) is 29.6 Å². The molecule has 0 fully saturated rings. The molecule has 1 amide bonds. The Balaban J connectivity index is 1.58. The zero-order valence-electron chi connectivity index (χ0n) is 13.7. The Kier molecular flexibility index (Phi) is 6.74. The van der Waals surface area contributed by atoms with Gasteiger partial charge in [0.15, 0.2) is 6.61 Å². The summed E-state index contributed by atoms with van der Waals surface area (Å²) in [7, 11) is 0. The predicted octanol–water partition coefficient (Wildman–Crippen LogP) is 2.04. The van der Waals surface area contributed by atoms with Crippen LogP contribution in [0.25, 0.3) is 0 Å². The maximum Gasteiger partial charge on any atom is 0.312 e. The van der Waals surface area contributed by atoms with Gasteiger partial charge in [-0.1, -0.05) is 12.1 Å². The summed E-state index contributed by atoms with van der Waals surface area (Å²) in [5.74, 6) is -0.0636. The van der Waals surface area contributed by atoms with Crippen molar-refractivity contribution in [3.05, 3.63) is 45.9 Å². The molecule has 0 aliphatic heterocycles. The number of nitrogens with one attached hydrogen (secondary N) is 1. The molecule has 0 aliphatic carbocycles. The zero-order valence-corrected chi connectivity index (χ0v) is 14.5. The van der Waals surface area contributed by atoms with Gasteiger partial charge in [-0.05, 0) is 31.5 Å². The number of esters is 1. The van der Waals surface area contributed by atoms with E-state index < -0.39 is 5.97 Å². The maximum atomic E-state index is 11.6. The number of aromatic nitrogens is 1. The second-order valence-electron chi connectivity index (χ2n) is 5.21. The number of rotatable bonds is 8. The lowest BCUT2D eigenvalue weighted by molar-refractivity contribution is -0.147.